The SMILES string of the molecule is O=P(Cl)(OC1CCC(Cl)C1)OC1CCC(Cl)C1. The fraction of sp³-hybridized carbons (Fsp3) is 1.00. The Kier molecular flexibility index (Phi) is 5.08. The summed E-state index contributed by atoms with van der Waals surface area (Å²) in [7, 11) is 0. The van der Waals surface area contributed by atoms with Crippen molar-refractivity contribution in [1.82, 2.24) is 0 Å². The Hall–Kier alpha value is 1.02. The fourth-order valence-corrected chi connectivity index (χ4v) is 4.82. The minimum atomic E-state index is -3.49. The molecule has 0 aromatic carbocycles. The Labute approximate surface area is 116 Å². The van der Waals surface area contributed by atoms with Crippen LogP contribution < -0.4 is 0 Å². The van der Waals surface area contributed by atoms with Crippen LogP contribution in [0.2, 0.25) is 0 Å². The second-order valence-corrected chi connectivity index (χ2v) is 8.47. The number of hydrogen-bond donors (Lipinski definition) is 0. The van der Waals surface area contributed by atoms with E-state index in [1.54, 1.807) is 0 Å². The van der Waals surface area contributed by atoms with Crippen LogP contribution in [-0.4, -0.2) is 23.0 Å². The largest absolute Gasteiger partial charge is 0.424 e. The van der Waals surface area contributed by atoms with Crippen molar-refractivity contribution in [1.29, 1.82) is 0 Å². The van der Waals surface area contributed by atoms with Crippen molar-refractivity contribution >= 4 is 41.4 Å². The summed E-state index contributed by atoms with van der Waals surface area (Å²) >= 11 is 17.7. The van der Waals surface area contributed by atoms with Crippen molar-refractivity contribution < 1.29 is 13.6 Å². The molecule has 2 aliphatic carbocycles. The lowest BCUT2D eigenvalue weighted by atomic mass is 10.3. The average molecular weight is 322 g/mol. The molecular weight excluding hydrogens is 305 g/mol. The molecule has 3 nitrogen and oxygen atoms in total. The summed E-state index contributed by atoms with van der Waals surface area (Å²) in [6.07, 6.45) is 4.40. The molecule has 100 valence electrons. The first-order chi connectivity index (χ1) is 7.94. The van der Waals surface area contributed by atoms with Crippen LogP contribution in [0, 0.1) is 0 Å². The summed E-state index contributed by atoms with van der Waals surface area (Å²) in [5.74, 6) is 0. The molecular formula is C10H16Cl3O3P. The van der Waals surface area contributed by atoms with Crippen LogP contribution in [-0.2, 0) is 13.6 Å². The van der Waals surface area contributed by atoms with E-state index >= 15 is 0 Å². The van der Waals surface area contributed by atoms with E-state index < -0.39 is 6.95 Å². The van der Waals surface area contributed by atoms with Gasteiger partial charge in [0.25, 0.3) is 0 Å². The van der Waals surface area contributed by atoms with Crippen LogP contribution in [0.15, 0.2) is 0 Å². The third-order valence-corrected chi connectivity index (χ3v) is 5.56. The van der Waals surface area contributed by atoms with Crippen LogP contribution in [0.25, 0.3) is 0 Å². The molecule has 17 heavy (non-hydrogen) atoms. The van der Waals surface area contributed by atoms with Crippen LogP contribution in [0.5, 0.6) is 0 Å². The van der Waals surface area contributed by atoms with Crippen LogP contribution >= 0.6 is 41.4 Å². The maximum absolute atomic E-state index is 12.0. The maximum Gasteiger partial charge on any atom is 0.424 e. The van der Waals surface area contributed by atoms with Crippen molar-refractivity contribution in [2.45, 2.75) is 61.5 Å². The number of alkyl halides is 2. The zero-order valence-electron chi connectivity index (χ0n) is 9.36. The summed E-state index contributed by atoms with van der Waals surface area (Å²) in [6.45, 7) is -3.49. The van der Waals surface area contributed by atoms with Crippen molar-refractivity contribution in [3.05, 3.63) is 0 Å². The van der Waals surface area contributed by atoms with Gasteiger partial charge in [-0.1, -0.05) is 0 Å². The highest BCUT2D eigenvalue weighted by Gasteiger charge is 2.36. The van der Waals surface area contributed by atoms with Crippen molar-refractivity contribution in [2.75, 3.05) is 0 Å². The normalized spacial score (nSPS) is 41.6. The molecule has 0 bridgehead atoms. The van der Waals surface area contributed by atoms with E-state index in [1.165, 1.54) is 0 Å². The van der Waals surface area contributed by atoms with Gasteiger partial charge >= 0.3 is 6.95 Å². The number of hydrogen-bond acceptors (Lipinski definition) is 3. The molecule has 0 radical (unpaired) electrons. The molecule has 0 N–H and O–H groups in total. The van der Waals surface area contributed by atoms with Crippen LogP contribution in [0.1, 0.15) is 38.5 Å². The summed E-state index contributed by atoms with van der Waals surface area (Å²) in [5, 5.41) is 0.186. The summed E-state index contributed by atoms with van der Waals surface area (Å²) in [5.41, 5.74) is 0. The van der Waals surface area contributed by atoms with Gasteiger partial charge in [-0.2, -0.15) is 0 Å². The van der Waals surface area contributed by atoms with Gasteiger partial charge in [-0.25, -0.2) is 4.57 Å². The van der Waals surface area contributed by atoms with Gasteiger partial charge in [0.15, 0.2) is 0 Å². The minimum absolute atomic E-state index is 0.0929. The van der Waals surface area contributed by atoms with Gasteiger partial charge in [-0.05, 0) is 38.5 Å². The van der Waals surface area contributed by atoms with Crippen molar-refractivity contribution in [2.24, 2.45) is 0 Å². The second-order valence-electron chi connectivity index (χ2n) is 4.71. The molecule has 0 aromatic heterocycles. The lowest BCUT2D eigenvalue weighted by molar-refractivity contribution is 0.129. The molecule has 7 heteroatoms. The highest BCUT2D eigenvalue weighted by Crippen LogP contribution is 2.58. The van der Waals surface area contributed by atoms with E-state index in [1.807, 2.05) is 0 Å². The molecule has 4 atom stereocenters. The Bertz CT molecular complexity index is 289. The van der Waals surface area contributed by atoms with Gasteiger partial charge in [0.05, 0.1) is 12.2 Å². The van der Waals surface area contributed by atoms with Gasteiger partial charge in [-0.15, -0.1) is 23.2 Å². The van der Waals surface area contributed by atoms with Gasteiger partial charge in [-0.3, -0.25) is 9.05 Å². The molecule has 2 saturated carbocycles. The highest BCUT2D eigenvalue weighted by atomic mass is 35.7. The van der Waals surface area contributed by atoms with E-state index in [2.05, 4.69) is 0 Å². The fourth-order valence-electron chi connectivity index (χ4n) is 2.35. The Balaban J connectivity index is 1.80. The van der Waals surface area contributed by atoms with Crippen LogP contribution in [0.4, 0.5) is 0 Å². The highest BCUT2D eigenvalue weighted by molar-refractivity contribution is 7.81. The van der Waals surface area contributed by atoms with Crippen LogP contribution in [0.3, 0.4) is 0 Å². The predicted molar refractivity (Wildman–Crippen MR) is 70.2 cm³/mol. The monoisotopic (exact) mass is 320 g/mol. The molecule has 0 spiro atoms. The van der Waals surface area contributed by atoms with E-state index in [0.29, 0.717) is 12.8 Å². The zero-order chi connectivity index (χ0) is 12.5. The molecule has 0 aromatic rings. The lowest BCUT2D eigenvalue weighted by Crippen LogP contribution is -2.11. The first-order valence-corrected chi connectivity index (χ1v) is 9.21. The van der Waals surface area contributed by atoms with Gasteiger partial charge in [0, 0.05) is 22.0 Å². The summed E-state index contributed by atoms with van der Waals surface area (Å²) in [6, 6.07) is 0. The van der Waals surface area contributed by atoms with Gasteiger partial charge in [0.1, 0.15) is 0 Å². The summed E-state index contributed by atoms with van der Waals surface area (Å²) < 4.78 is 22.6. The topological polar surface area (TPSA) is 35.5 Å². The molecule has 2 aliphatic rings. The molecule has 0 amide bonds. The first kappa shape index (κ1) is 14.4. The van der Waals surface area contributed by atoms with Gasteiger partial charge in [0.2, 0.25) is 0 Å². The van der Waals surface area contributed by atoms with E-state index in [-0.39, 0.29) is 23.0 Å². The molecule has 2 rings (SSSR count). The Morgan fingerprint density at radius 3 is 1.59 bits per heavy atom. The smallest absolute Gasteiger partial charge is 0.294 e. The first-order valence-electron chi connectivity index (χ1n) is 5.89. The molecule has 0 heterocycles. The summed E-state index contributed by atoms with van der Waals surface area (Å²) in [4.78, 5) is 0. The Morgan fingerprint density at radius 2 is 1.29 bits per heavy atom. The van der Waals surface area contributed by atoms with Gasteiger partial charge < -0.3 is 0 Å². The Morgan fingerprint density at radius 1 is 0.882 bits per heavy atom. The number of halogens is 3. The average Bonchev–Trinajstić information content (AvgIpc) is 2.74. The predicted octanol–water partition coefficient (Wildman–Crippen LogP) is 4.69. The van der Waals surface area contributed by atoms with Crippen molar-refractivity contribution in [3.63, 3.8) is 0 Å². The minimum Gasteiger partial charge on any atom is -0.294 e. The molecule has 0 aliphatic heterocycles. The lowest BCUT2D eigenvalue weighted by Gasteiger charge is -2.19. The quantitative estimate of drug-likeness (QED) is 0.557. The third-order valence-electron chi connectivity index (χ3n) is 3.19. The van der Waals surface area contributed by atoms with Crippen molar-refractivity contribution in [3.8, 4) is 0 Å². The number of rotatable bonds is 4. The van der Waals surface area contributed by atoms with E-state index in [9.17, 15) is 4.57 Å². The zero-order valence-corrected chi connectivity index (χ0v) is 12.5. The molecule has 0 saturated heterocycles. The van der Waals surface area contributed by atoms with E-state index in [0.717, 1.165) is 25.7 Å². The third kappa shape index (κ3) is 4.56. The molecule has 4 unspecified atom stereocenters. The molecule has 2 fully saturated rings. The second kappa shape index (κ2) is 5.98. The van der Waals surface area contributed by atoms with E-state index in [4.69, 9.17) is 43.5 Å². The maximum atomic E-state index is 12.0. The standard InChI is InChI=1S/C10H16Cl3O3P/c11-7-1-3-9(5-7)15-17(13,14)16-10-4-2-8(12)6-10/h7-10H,1-6H2.